The average Bonchev–Trinajstić information content (AvgIpc) is 2.77. The van der Waals surface area contributed by atoms with Crippen molar-refractivity contribution in [3.8, 4) is 6.07 Å². The molecule has 0 aromatic carbocycles. The van der Waals surface area contributed by atoms with E-state index in [0.29, 0.717) is 24.1 Å². The Kier molecular flexibility index (Phi) is 3.70. The van der Waals surface area contributed by atoms with E-state index in [1.54, 1.807) is 0 Å². The summed E-state index contributed by atoms with van der Waals surface area (Å²) in [7, 11) is 0. The number of carbonyl (C=O) groups is 1. The summed E-state index contributed by atoms with van der Waals surface area (Å²) in [5.74, 6) is -1.00. The fourth-order valence-electron chi connectivity index (χ4n) is 2.64. The molecule has 0 radical (unpaired) electrons. The van der Waals surface area contributed by atoms with Crippen LogP contribution in [0, 0.1) is 31.1 Å². The van der Waals surface area contributed by atoms with Gasteiger partial charge < -0.3 is 10.4 Å². The normalized spacial score (nSPS) is 21.9. The first-order valence-electron chi connectivity index (χ1n) is 6.39. The van der Waals surface area contributed by atoms with Crippen molar-refractivity contribution in [3.63, 3.8) is 0 Å². The highest BCUT2D eigenvalue weighted by Gasteiger charge is 2.30. The van der Waals surface area contributed by atoms with E-state index in [9.17, 15) is 10.1 Å². The first-order chi connectivity index (χ1) is 9.01. The molecule has 1 aromatic heterocycles. The van der Waals surface area contributed by atoms with Gasteiger partial charge in [-0.05, 0) is 39.2 Å². The van der Waals surface area contributed by atoms with E-state index in [2.05, 4.69) is 16.4 Å². The van der Waals surface area contributed by atoms with Crippen LogP contribution in [-0.2, 0) is 4.79 Å². The molecule has 1 saturated carbocycles. The third-order valence-corrected chi connectivity index (χ3v) is 3.58. The molecule has 0 aliphatic heterocycles. The maximum absolute atomic E-state index is 10.9. The number of pyridine rings is 1. The summed E-state index contributed by atoms with van der Waals surface area (Å²) in [5, 5.41) is 21.5. The Hall–Kier alpha value is -2.09. The Morgan fingerprint density at radius 2 is 2.26 bits per heavy atom. The lowest BCUT2D eigenvalue weighted by Crippen LogP contribution is -2.19. The molecule has 1 aliphatic carbocycles. The van der Waals surface area contributed by atoms with Gasteiger partial charge in [0.15, 0.2) is 0 Å². The molecule has 0 spiro atoms. The molecule has 2 rings (SSSR count). The topological polar surface area (TPSA) is 86.0 Å². The van der Waals surface area contributed by atoms with E-state index in [-0.39, 0.29) is 12.0 Å². The van der Waals surface area contributed by atoms with E-state index >= 15 is 0 Å². The summed E-state index contributed by atoms with van der Waals surface area (Å²) in [6.45, 7) is 3.69. The Morgan fingerprint density at radius 3 is 2.84 bits per heavy atom. The summed E-state index contributed by atoms with van der Waals surface area (Å²) < 4.78 is 0. The van der Waals surface area contributed by atoms with Gasteiger partial charge in [0, 0.05) is 11.7 Å². The highest BCUT2D eigenvalue weighted by molar-refractivity contribution is 5.70. The number of carboxylic acids is 1. The third kappa shape index (κ3) is 2.84. The minimum absolute atomic E-state index is 0.120. The number of nitrogens with zero attached hydrogens (tertiary/aromatic N) is 2. The molecule has 2 unspecified atom stereocenters. The molecule has 2 atom stereocenters. The smallest absolute Gasteiger partial charge is 0.306 e. The molecule has 1 heterocycles. The predicted molar refractivity (Wildman–Crippen MR) is 70.8 cm³/mol. The van der Waals surface area contributed by atoms with Gasteiger partial charge >= 0.3 is 5.97 Å². The predicted octanol–water partition coefficient (Wildman–Crippen LogP) is 2.24. The van der Waals surface area contributed by atoms with Crippen LogP contribution in [-0.4, -0.2) is 22.1 Å². The SMILES string of the molecule is Cc1cc(NC2CCC(C(=O)O)C2)c(C#N)c(C)n1. The Labute approximate surface area is 112 Å². The fourth-order valence-corrected chi connectivity index (χ4v) is 2.64. The molecular formula is C14H17N3O2. The molecule has 5 nitrogen and oxygen atoms in total. The van der Waals surface area contributed by atoms with Crippen LogP contribution in [0.3, 0.4) is 0 Å². The van der Waals surface area contributed by atoms with Gasteiger partial charge in [0.05, 0.1) is 22.9 Å². The maximum atomic E-state index is 10.9. The van der Waals surface area contributed by atoms with Gasteiger partial charge in [-0.1, -0.05) is 0 Å². The summed E-state index contributed by atoms with van der Waals surface area (Å²) >= 11 is 0. The zero-order valence-corrected chi connectivity index (χ0v) is 11.1. The minimum atomic E-state index is -0.730. The highest BCUT2D eigenvalue weighted by atomic mass is 16.4. The lowest BCUT2D eigenvalue weighted by Gasteiger charge is -2.16. The molecular weight excluding hydrogens is 242 g/mol. The summed E-state index contributed by atoms with van der Waals surface area (Å²) in [6.07, 6.45) is 2.13. The second-order valence-corrected chi connectivity index (χ2v) is 5.07. The van der Waals surface area contributed by atoms with Crippen molar-refractivity contribution < 1.29 is 9.90 Å². The van der Waals surface area contributed by atoms with Gasteiger partial charge in [-0.15, -0.1) is 0 Å². The van der Waals surface area contributed by atoms with Crippen LogP contribution >= 0.6 is 0 Å². The quantitative estimate of drug-likeness (QED) is 0.869. The van der Waals surface area contributed by atoms with Crippen molar-refractivity contribution in [2.75, 3.05) is 5.32 Å². The van der Waals surface area contributed by atoms with Crippen LogP contribution in [0.2, 0.25) is 0 Å². The zero-order chi connectivity index (χ0) is 14.0. The van der Waals surface area contributed by atoms with Crippen LogP contribution in [0.4, 0.5) is 5.69 Å². The second kappa shape index (κ2) is 5.27. The van der Waals surface area contributed by atoms with Crippen LogP contribution in [0.5, 0.6) is 0 Å². The number of nitrogens with one attached hydrogen (secondary N) is 1. The monoisotopic (exact) mass is 259 g/mol. The Bertz CT molecular complexity index is 548. The number of carboxylic acid groups (broad SMARTS) is 1. The molecule has 19 heavy (non-hydrogen) atoms. The van der Waals surface area contributed by atoms with Crippen molar-refractivity contribution in [3.05, 3.63) is 23.0 Å². The number of nitriles is 1. The number of anilines is 1. The van der Waals surface area contributed by atoms with E-state index in [4.69, 9.17) is 5.11 Å². The van der Waals surface area contributed by atoms with Gasteiger partial charge in [-0.25, -0.2) is 0 Å². The van der Waals surface area contributed by atoms with Crippen molar-refractivity contribution in [1.82, 2.24) is 4.98 Å². The summed E-state index contributed by atoms with van der Waals surface area (Å²) in [5.41, 5.74) is 2.87. The van der Waals surface area contributed by atoms with Crippen LogP contribution in [0.1, 0.15) is 36.2 Å². The van der Waals surface area contributed by atoms with Gasteiger partial charge in [0.2, 0.25) is 0 Å². The van der Waals surface area contributed by atoms with Gasteiger partial charge in [0.1, 0.15) is 6.07 Å². The molecule has 0 amide bonds. The Balaban J connectivity index is 2.17. The number of aliphatic carboxylic acids is 1. The standard InChI is InChI=1S/C14H17N3O2/c1-8-5-13(12(7-15)9(2)16-8)17-11-4-3-10(6-11)14(18)19/h5,10-11H,3-4,6H2,1-2H3,(H,16,17)(H,18,19). The van der Waals surface area contributed by atoms with Crippen molar-refractivity contribution in [2.24, 2.45) is 5.92 Å². The summed E-state index contributed by atoms with van der Waals surface area (Å²) in [6, 6.07) is 4.12. The molecule has 0 bridgehead atoms. The number of aryl methyl sites for hydroxylation is 2. The number of hydrogen-bond donors (Lipinski definition) is 2. The highest BCUT2D eigenvalue weighted by Crippen LogP contribution is 2.29. The van der Waals surface area contributed by atoms with Crippen LogP contribution < -0.4 is 5.32 Å². The lowest BCUT2D eigenvalue weighted by atomic mass is 10.1. The van der Waals surface area contributed by atoms with E-state index in [1.807, 2.05) is 19.9 Å². The first kappa shape index (κ1) is 13.3. The van der Waals surface area contributed by atoms with Gasteiger partial charge in [-0.3, -0.25) is 9.78 Å². The number of aromatic nitrogens is 1. The minimum Gasteiger partial charge on any atom is -0.481 e. The van der Waals surface area contributed by atoms with Crippen molar-refractivity contribution >= 4 is 11.7 Å². The molecule has 1 aliphatic rings. The average molecular weight is 259 g/mol. The zero-order valence-electron chi connectivity index (χ0n) is 11.1. The molecule has 1 fully saturated rings. The largest absolute Gasteiger partial charge is 0.481 e. The lowest BCUT2D eigenvalue weighted by molar-refractivity contribution is -0.141. The van der Waals surface area contributed by atoms with E-state index < -0.39 is 5.97 Å². The van der Waals surface area contributed by atoms with Gasteiger partial charge in [-0.2, -0.15) is 5.26 Å². The molecule has 2 N–H and O–H groups in total. The van der Waals surface area contributed by atoms with E-state index in [1.165, 1.54) is 0 Å². The molecule has 100 valence electrons. The van der Waals surface area contributed by atoms with Gasteiger partial charge in [0.25, 0.3) is 0 Å². The van der Waals surface area contributed by atoms with Crippen molar-refractivity contribution in [1.29, 1.82) is 5.26 Å². The second-order valence-electron chi connectivity index (χ2n) is 5.07. The van der Waals surface area contributed by atoms with Crippen LogP contribution in [0.25, 0.3) is 0 Å². The molecule has 0 saturated heterocycles. The van der Waals surface area contributed by atoms with Crippen LogP contribution in [0.15, 0.2) is 6.07 Å². The Morgan fingerprint density at radius 1 is 1.53 bits per heavy atom. The molecule has 1 aromatic rings. The molecule has 5 heteroatoms. The first-order valence-corrected chi connectivity index (χ1v) is 6.39. The number of rotatable bonds is 3. The van der Waals surface area contributed by atoms with Crippen molar-refractivity contribution in [2.45, 2.75) is 39.2 Å². The van der Waals surface area contributed by atoms with E-state index in [0.717, 1.165) is 17.8 Å². The number of hydrogen-bond acceptors (Lipinski definition) is 4. The third-order valence-electron chi connectivity index (χ3n) is 3.58. The summed E-state index contributed by atoms with van der Waals surface area (Å²) in [4.78, 5) is 15.2. The fraction of sp³-hybridized carbons (Fsp3) is 0.500. The maximum Gasteiger partial charge on any atom is 0.306 e.